The SMILES string of the molecule is CC1(S(=O)(=O)N2CCc3ccccc32)C=CC=CC1CSc1ccccc1F. The highest BCUT2D eigenvalue weighted by Crippen LogP contribution is 2.42. The second-order valence-electron chi connectivity index (χ2n) is 7.23. The molecule has 4 rings (SSSR count). The highest BCUT2D eigenvalue weighted by atomic mass is 32.2. The van der Waals surface area contributed by atoms with Crippen LogP contribution in [0.5, 0.6) is 0 Å². The molecule has 1 aliphatic heterocycles. The summed E-state index contributed by atoms with van der Waals surface area (Å²) in [5, 5.41) is 0. The van der Waals surface area contributed by atoms with Gasteiger partial charge in [0.1, 0.15) is 10.6 Å². The van der Waals surface area contributed by atoms with E-state index in [2.05, 4.69) is 0 Å². The quantitative estimate of drug-likeness (QED) is 0.658. The lowest BCUT2D eigenvalue weighted by atomic mass is 9.90. The molecule has 2 aromatic rings. The van der Waals surface area contributed by atoms with E-state index in [0.29, 0.717) is 17.2 Å². The Balaban J connectivity index is 1.63. The number of anilines is 1. The average Bonchev–Trinajstić information content (AvgIpc) is 3.13. The van der Waals surface area contributed by atoms with Gasteiger partial charge in [0.15, 0.2) is 0 Å². The normalized spacial score (nSPS) is 23.8. The maximum atomic E-state index is 14.0. The standard InChI is InChI=1S/C22H22FNO2S2/c1-22(28(25,26)24-15-13-17-8-2-4-11-20(17)24)14-7-6-9-18(22)16-27-21-12-5-3-10-19(21)23/h2-12,14,18H,13,15-16H2,1H3. The zero-order valence-corrected chi connectivity index (χ0v) is 17.2. The molecule has 0 fully saturated rings. The molecule has 0 saturated carbocycles. The molecule has 1 aliphatic carbocycles. The second-order valence-corrected chi connectivity index (χ2v) is 10.6. The number of allylic oxidation sites excluding steroid dienone is 3. The van der Waals surface area contributed by atoms with Gasteiger partial charge in [-0.15, -0.1) is 11.8 Å². The van der Waals surface area contributed by atoms with Gasteiger partial charge in [-0.3, -0.25) is 4.31 Å². The minimum Gasteiger partial charge on any atom is -0.269 e. The van der Waals surface area contributed by atoms with Gasteiger partial charge in [0, 0.05) is 23.1 Å². The molecular formula is C22H22FNO2S2. The monoisotopic (exact) mass is 415 g/mol. The third-order valence-corrected chi connectivity index (χ3v) is 9.24. The van der Waals surface area contributed by atoms with E-state index in [4.69, 9.17) is 0 Å². The lowest BCUT2D eigenvalue weighted by Crippen LogP contribution is -2.50. The summed E-state index contributed by atoms with van der Waals surface area (Å²) in [6.07, 6.45) is 8.09. The van der Waals surface area contributed by atoms with E-state index < -0.39 is 14.8 Å². The van der Waals surface area contributed by atoms with Crippen molar-refractivity contribution in [2.24, 2.45) is 5.92 Å². The molecule has 146 valence electrons. The van der Waals surface area contributed by atoms with Crippen molar-refractivity contribution in [2.75, 3.05) is 16.6 Å². The molecule has 0 spiro atoms. The molecule has 0 amide bonds. The predicted molar refractivity (Wildman–Crippen MR) is 114 cm³/mol. The van der Waals surface area contributed by atoms with Gasteiger partial charge < -0.3 is 0 Å². The lowest BCUT2D eigenvalue weighted by Gasteiger charge is -2.38. The van der Waals surface area contributed by atoms with E-state index >= 15 is 0 Å². The molecule has 3 nitrogen and oxygen atoms in total. The van der Waals surface area contributed by atoms with Crippen molar-refractivity contribution in [1.29, 1.82) is 0 Å². The Bertz CT molecular complexity index is 1050. The van der Waals surface area contributed by atoms with Gasteiger partial charge >= 0.3 is 0 Å². The number of rotatable bonds is 5. The van der Waals surface area contributed by atoms with Crippen molar-refractivity contribution in [3.05, 3.63) is 84.2 Å². The first kappa shape index (κ1) is 19.3. The Morgan fingerprint density at radius 1 is 1.14 bits per heavy atom. The van der Waals surface area contributed by atoms with Crippen molar-refractivity contribution in [2.45, 2.75) is 23.0 Å². The van der Waals surface area contributed by atoms with Crippen LogP contribution in [0, 0.1) is 11.7 Å². The smallest absolute Gasteiger partial charge is 0.244 e. The largest absolute Gasteiger partial charge is 0.269 e. The number of benzene rings is 2. The fraction of sp³-hybridized carbons (Fsp3) is 0.273. The molecule has 0 bridgehead atoms. The van der Waals surface area contributed by atoms with Crippen LogP contribution in [-0.4, -0.2) is 25.5 Å². The predicted octanol–water partition coefficient (Wildman–Crippen LogP) is 4.81. The number of para-hydroxylation sites is 1. The van der Waals surface area contributed by atoms with Crippen LogP contribution in [0.15, 0.2) is 77.7 Å². The number of thioether (sulfide) groups is 1. The van der Waals surface area contributed by atoms with Crippen LogP contribution in [0.1, 0.15) is 12.5 Å². The van der Waals surface area contributed by atoms with Gasteiger partial charge in [-0.2, -0.15) is 0 Å². The summed E-state index contributed by atoms with van der Waals surface area (Å²) >= 11 is 1.36. The Morgan fingerprint density at radius 3 is 2.71 bits per heavy atom. The van der Waals surface area contributed by atoms with Crippen LogP contribution in [-0.2, 0) is 16.4 Å². The number of hydrogen-bond donors (Lipinski definition) is 0. The summed E-state index contributed by atoms with van der Waals surface area (Å²) < 4.78 is 41.9. The molecule has 0 aromatic heterocycles. The van der Waals surface area contributed by atoms with E-state index in [0.717, 1.165) is 17.7 Å². The topological polar surface area (TPSA) is 37.4 Å². The van der Waals surface area contributed by atoms with E-state index in [1.165, 1.54) is 17.8 Å². The van der Waals surface area contributed by atoms with E-state index in [1.807, 2.05) is 36.4 Å². The maximum Gasteiger partial charge on any atom is 0.244 e. The molecule has 0 radical (unpaired) electrons. The zero-order valence-electron chi connectivity index (χ0n) is 15.6. The van der Waals surface area contributed by atoms with Crippen LogP contribution in [0.4, 0.5) is 10.1 Å². The maximum absolute atomic E-state index is 14.0. The van der Waals surface area contributed by atoms with Crippen molar-refractivity contribution in [3.63, 3.8) is 0 Å². The minimum absolute atomic E-state index is 0.264. The third-order valence-electron chi connectivity index (χ3n) is 5.56. The number of fused-ring (bicyclic) bond motifs is 1. The number of nitrogens with zero attached hydrogens (tertiary/aromatic N) is 1. The van der Waals surface area contributed by atoms with Crippen LogP contribution in [0.3, 0.4) is 0 Å². The molecule has 6 heteroatoms. The summed E-state index contributed by atoms with van der Waals surface area (Å²) in [5.74, 6) is -0.0618. The summed E-state index contributed by atoms with van der Waals surface area (Å²) in [6.45, 7) is 2.23. The third kappa shape index (κ3) is 3.18. The molecule has 0 saturated heterocycles. The Kier molecular flexibility index (Phi) is 5.10. The summed E-state index contributed by atoms with van der Waals surface area (Å²) in [4.78, 5) is 0.539. The zero-order chi connectivity index (χ0) is 19.8. The van der Waals surface area contributed by atoms with Gasteiger partial charge in [0.25, 0.3) is 0 Å². The van der Waals surface area contributed by atoms with Crippen LogP contribution in [0.2, 0.25) is 0 Å². The highest BCUT2D eigenvalue weighted by Gasteiger charge is 2.48. The fourth-order valence-electron chi connectivity index (χ4n) is 3.79. The molecule has 28 heavy (non-hydrogen) atoms. The number of hydrogen-bond acceptors (Lipinski definition) is 3. The fourth-order valence-corrected chi connectivity index (χ4v) is 7.14. The van der Waals surface area contributed by atoms with Crippen LogP contribution in [0.25, 0.3) is 0 Å². The lowest BCUT2D eigenvalue weighted by molar-refractivity contribution is 0.514. The number of sulfonamides is 1. The van der Waals surface area contributed by atoms with E-state index in [-0.39, 0.29) is 11.7 Å². The second kappa shape index (κ2) is 7.41. The highest BCUT2D eigenvalue weighted by molar-refractivity contribution is 7.99. The summed E-state index contributed by atoms with van der Waals surface area (Å²) in [5.41, 5.74) is 1.83. The van der Waals surface area contributed by atoms with Crippen LogP contribution < -0.4 is 4.31 Å². The van der Waals surface area contributed by atoms with Crippen molar-refractivity contribution >= 4 is 27.5 Å². The van der Waals surface area contributed by atoms with Gasteiger partial charge in [-0.25, -0.2) is 12.8 Å². The summed E-state index contributed by atoms with van der Waals surface area (Å²) in [6, 6.07) is 14.3. The molecule has 2 aliphatic rings. The van der Waals surface area contributed by atoms with E-state index in [1.54, 1.807) is 41.6 Å². The minimum atomic E-state index is -3.65. The van der Waals surface area contributed by atoms with Gasteiger partial charge in [-0.1, -0.05) is 54.6 Å². The Morgan fingerprint density at radius 2 is 1.89 bits per heavy atom. The molecule has 0 N–H and O–H groups in total. The molecule has 2 unspecified atom stereocenters. The summed E-state index contributed by atoms with van der Waals surface area (Å²) in [7, 11) is -3.65. The van der Waals surface area contributed by atoms with Gasteiger partial charge in [0.05, 0.1) is 5.69 Å². The van der Waals surface area contributed by atoms with Crippen molar-refractivity contribution in [1.82, 2.24) is 0 Å². The van der Waals surface area contributed by atoms with Crippen LogP contribution >= 0.6 is 11.8 Å². The first-order valence-electron chi connectivity index (χ1n) is 9.27. The van der Waals surface area contributed by atoms with Crippen molar-refractivity contribution in [3.8, 4) is 0 Å². The van der Waals surface area contributed by atoms with Gasteiger partial charge in [-0.05, 0) is 37.1 Å². The van der Waals surface area contributed by atoms with Crippen molar-refractivity contribution < 1.29 is 12.8 Å². The Hall–Kier alpha value is -2.05. The molecule has 2 atom stereocenters. The average molecular weight is 416 g/mol. The molecular weight excluding hydrogens is 393 g/mol. The molecule has 2 aromatic carbocycles. The number of halogens is 1. The first-order chi connectivity index (χ1) is 13.4. The molecule has 1 heterocycles. The first-order valence-corrected chi connectivity index (χ1v) is 11.7. The van der Waals surface area contributed by atoms with E-state index in [9.17, 15) is 12.8 Å². The Labute approximate surface area is 170 Å². The van der Waals surface area contributed by atoms with Gasteiger partial charge in [0.2, 0.25) is 10.0 Å².